The maximum Gasteiger partial charge on any atom is 0.325 e. The largest absolute Gasteiger partial charge is 0.325 e. The van der Waals surface area contributed by atoms with Crippen LogP contribution < -0.4 is 0 Å². The molecule has 0 unspecified atom stereocenters. The predicted molar refractivity (Wildman–Crippen MR) is 85.6 cm³/mol. The molecular weight excluding hydrogens is 320 g/mol. The van der Waals surface area contributed by atoms with Gasteiger partial charge < -0.3 is 0 Å². The summed E-state index contributed by atoms with van der Waals surface area (Å²) in [5, 5.41) is 8.39. The molecule has 0 aliphatic heterocycles. The van der Waals surface area contributed by atoms with Gasteiger partial charge in [0, 0.05) is 0 Å². The second-order valence-electron chi connectivity index (χ2n) is 5.41. The first-order chi connectivity index (χ1) is 11.1. The monoisotopic (exact) mass is 346 g/mol. The fourth-order valence-electron chi connectivity index (χ4n) is 1.96. The van der Waals surface area contributed by atoms with Gasteiger partial charge in [0.05, 0.1) is 11.5 Å². The Hall–Kier alpha value is -0.990. The van der Waals surface area contributed by atoms with E-state index in [1.165, 1.54) is 37.8 Å². The highest BCUT2D eigenvalue weighted by atomic mass is 32.2. The fourth-order valence-corrected chi connectivity index (χ4v) is 2.61. The highest BCUT2D eigenvalue weighted by Crippen LogP contribution is 2.13. The van der Waals surface area contributed by atoms with Gasteiger partial charge in [0.15, 0.2) is 0 Å². The number of hydrogen-bond donors (Lipinski definition) is 0. The Bertz CT molecular complexity index is 512. The quantitative estimate of drug-likeness (QED) is 0.302. The van der Waals surface area contributed by atoms with Crippen molar-refractivity contribution in [2.24, 2.45) is 0 Å². The van der Waals surface area contributed by atoms with Crippen LogP contribution in [-0.4, -0.2) is 15.0 Å². The molecule has 0 atom stereocenters. The molecule has 7 heteroatoms. The number of benzene rings is 1. The zero-order valence-electron chi connectivity index (χ0n) is 13.8. The van der Waals surface area contributed by atoms with E-state index in [2.05, 4.69) is 21.3 Å². The second kappa shape index (κ2) is 11.5. The van der Waals surface area contributed by atoms with E-state index in [0.29, 0.717) is 6.61 Å². The normalized spacial score (nSPS) is 11.7. The third-order valence-electron chi connectivity index (χ3n) is 3.33. The van der Waals surface area contributed by atoms with E-state index in [1.54, 1.807) is 12.1 Å². The molecule has 0 saturated carbocycles. The van der Waals surface area contributed by atoms with Crippen LogP contribution in [0.1, 0.15) is 57.4 Å². The molecule has 0 spiro atoms. The van der Waals surface area contributed by atoms with E-state index in [4.69, 9.17) is 4.89 Å². The highest BCUT2D eigenvalue weighted by Gasteiger charge is 2.16. The molecule has 0 amide bonds. The SMILES string of the molecule is CCCCCCCCCOOOOS(=O)(=O)c1ccc(C)cc1. The van der Waals surface area contributed by atoms with Crippen molar-refractivity contribution in [3.63, 3.8) is 0 Å². The fraction of sp³-hybridized carbons (Fsp3) is 0.625. The zero-order valence-corrected chi connectivity index (χ0v) is 14.6. The molecule has 132 valence electrons. The Morgan fingerprint density at radius 3 is 2.13 bits per heavy atom. The maximum absolute atomic E-state index is 11.7. The van der Waals surface area contributed by atoms with Gasteiger partial charge in [0.1, 0.15) is 0 Å². The van der Waals surface area contributed by atoms with Crippen molar-refractivity contribution in [1.29, 1.82) is 0 Å². The number of hydrogen-bond acceptors (Lipinski definition) is 6. The van der Waals surface area contributed by atoms with Gasteiger partial charge in [-0.15, -0.1) is 0 Å². The lowest BCUT2D eigenvalue weighted by molar-refractivity contribution is -0.606. The molecule has 23 heavy (non-hydrogen) atoms. The summed E-state index contributed by atoms with van der Waals surface area (Å²) in [6, 6.07) is 6.17. The average molecular weight is 346 g/mol. The molecule has 6 nitrogen and oxygen atoms in total. The van der Waals surface area contributed by atoms with Crippen molar-refractivity contribution in [1.82, 2.24) is 0 Å². The summed E-state index contributed by atoms with van der Waals surface area (Å²) in [5.41, 5.74) is 0.944. The summed E-state index contributed by atoms with van der Waals surface area (Å²) in [5.74, 6) is 0. The van der Waals surface area contributed by atoms with Crippen molar-refractivity contribution >= 4 is 10.1 Å². The first-order valence-electron chi connectivity index (χ1n) is 8.02. The minimum absolute atomic E-state index is 0.0150. The minimum Gasteiger partial charge on any atom is -0.204 e. The van der Waals surface area contributed by atoms with Crippen LogP contribution >= 0.6 is 0 Å². The van der Waals surface area contributed by atoms with E-state index in [1.807, 2.05) is 6.92 Å². The van der Waals surface area contributed by atoms with E-state index in [0.717, 1.165) is 24.8 Å². The summed E-state index contributed by atoms with van der Waals surface area (Å²) >= 11 is 0. The summed E-state index contributed by atoms with van der Waals surface area (Å²) in [4.78, 5) is 4.69. The van der Waals surface area contributed by atoms with Gasteiger partial charge in [-0.05, 0) is 35.6 Å². The first kappa shape index (κ1) is 20.1. The second-order valence-corrected chi connectivity index (χ2v) is 6.93. The summed E-state index contributed by atoms with van der Waals surface area (Å²) in [6.45, 7) is 4.36. The van der Waals surface area contributed by atoms with E-state index in [9.17, 15) is 8.42 Å². The molecule has 0 fully saturated rings. The van der Waals surface area contributed by atoms with Gasteiger partial charge in [-0.1, -0.05) is 67.5 Å². The van der Waals surface area contributed by atoms with Crippen LogP contribution in [0.2, 0.25) is 0 Å². The summed E-state index contributed by atoms with van der Waals surface area (Å²) in [7, 11) is -4.01. The topological polar surface area (TPSA) is 71.1 Å². The Labute approximate surface area is 138 Å². The molecule has 0 N–H and O–H groups in total. The van der Waals surface area contributed by atoms with Crippen LogP contribution in [0.25, 0.3) is 0 Å². The Morgan fingerprint density at radius 2 is 1.48 bits per heavy atom. The van der Waals surface area contributed by atoms with Crippen molar-refractivity contribution in [3.8, 4) is 0 Å². The van der Waals surface area contributed by atoms with Crippen LogP contribution in [0, 0.1) is 6.92 Å². The molecule has 0 aliphatic carbocycles. The van der Waals surface area contributed by atoms with E-state index < -0.39 is 10.1 Å². The smallest absolute Gasteiger partial charge is 0.204 e. The summed E-state index contributed by atoms with van der Waals surface area (Å²) < 4.78 is 27.7. The third-order valence-corrected chi connectivity index (χ3v) is 4.42. The first-order valence-corrected chi connectivity index (χ1v) is 9.43. The number of unbranched alkanes of at least 4 members (excludes halogenated alkanes) is 6. The highest BCUT2D eigenvalue weighted by molar-refractivity contribution is 7.86. The lowest BCUT2D eigenvalue weighted by Crippen LogP contribution is -2.08. The minimum atomic E-state index is -4.01. The van der Waals surface area contributed by atoms with Crippen molar-refractivity contribution < 1.29 is 27.7 Å². The van der Waals surface area contributed by atoms with E-state index >= 15 is 0 Å². The van der Waals surface area contributed by atoms with Gasteiger partial charge in [-0.25, -0.2) is 4.89 Å². The molecular formula is C16H26O6S. The maximum atomic E-state index is 11.7. The molecule has 1 rings (SSSR count). The van der Waals surface area contributed by atoms with Crippen LogP contribution in [0.4, 0.5) is 0 Å². The van der Waals surface area contributed by atoms with Crippen molar-refractivity contribution in [2.45, 2.75) is 63.7 Å². The molecule has 0 aliphatic rings. The summed E-state index contributed by atoms with van der Waals surface area (Å²) in [6.07, 6.45) is 8.02. The Kier molecular flexibility index (Phi) is 10.1. The third kappa shape index (κ3) is 9.02. The zero-order chi connectivity index (χ0) is 17.0. The molecule has 1 aromatic carbocycles. The van der Waals surface area contributed by atoms with Crippen molar-refractivity contribution in [3.05, 3.63) is 29.8 Å². The van der Waals surface area contributed by atoms with Gasteiger partial charge in [0.2, 0.25) is 0 Å². The average Bonchev–Trinajstić information content (AvgIpc) is 2.53. The van der Waals surface area contributed by atoms with Crippen LogP contribution in [-0.2, 0) is 29.4 Å². The van der Waals surface area contributed by atoms with Crippen molar-refractivity contribution in [2.75, 3.05) is 6.61 Å². The number of aryl methyl sites for hydroxylation is 1. The lowest BCUT2D eigenvalue weighted by Gasteiger charge is -2.04. The van der Waals surface area contributed by atoms with Crippen LogP contribution in [0.3, 0.4) is 0 Å². The molecule has 0 aromatic heterocycles. The standard InChI is InChI=1S/C16H26O6S/c1-3-4-5-6-7-8-9-14-19-20-21-22-23(17,18)16-12-10-15(2)11-13-16/h10-13H,3-9,14H2,1-2H3. The van der Waals surface area contributed by atoms with Gasteiger partial charge >= 0.3 is 10.1 Å². The molecule has 0 radical (unpaired) electrons. The van der Waals surface area contributed by atoms with Crippen LogP contribution in [0.5, 0.6) is 0 Å². The lowest BCUT2D eigenvalue weighted by atomic mass is 10.1. The van der Waals surface area contributed by atoms with Crippen LogP contribution in [0.15, 0.2) is 29.2 Å². The van der Waals surface area contributed by atoms with Gasteiger partial charge in [-0.2, -0.15) is 8.42 Å². The molecule has 0 saturated heterocycles. The molecule has 0 bridgehead atoms. The van der Waals surface area contributed by atoms with E-state index in [-0.39, 0.29) is 4.90 Å². The molecule has 1 aromatic rings. The predicted octanol–water partition coefficient (Wildman–Crippen LogP) is 4.25. The van der Waals surface area contributed by atoms with Gasteiger partial charge in [0.25, 0.3) is 0 Å². The Morgan fingerprint density at radius 1 is 0.870 bits per heavy atom. The Balaban J connectivity index is 2.05. The number of rotatable bonds is 13. The molecule has 0 heterocycles. The van der Waals surface area contributed by atoms with Gasteiger partial charge in [-0.3, -0.25) is 0 Å².